The van der Waals surface area contributed by atoms with Crippen LogP contribution in [0.3, 0.4) is 0 Å². The summed E-state index contributed by atoms with van der Waals surface area (Å²) in [4.78, 5) is 12.4. The van der Waals surface area contributed by atoms with Crippen molar-refractivity contribution in [2.75, 3.05) is 7.11 Å². The van der Waals surface area contributed by atoms with E-state index in [4.69, 9.17) is 9.84 Å². The van der Waals surface area contributed by atoms with Gasteiger partial charge in [-0.05, 0) is 48.7 Å². The lowest BCUT2D eigenvalue weighted by Gasteiger charge is -2.04. The molecule has 3 aromatic rings. The van der Waals surface area contributed by atoms with E-state index in [1.54, 1.807) is 13.2 Å². The zero-order valence-corrected chi connectivity index (χ0v) is 16.7. The molecule has 1 aliphatic rings. The average molecular weight is 398 g/mol. The molecule has 1 amide bonds. The van der Waals surface area contributed by atoms with Crippen LogP contribution >= 0.6 is 0 Å². The number of methoxy groups -OCH3 is 1. The van der Waals surface area contributed by atoms with E-state index in [9.17, 15) is 10.1 Å². The van der Waals surface area contributed by atoms with Crippen LogP contribution < -0.4 is 10.1 Å². The number of hydrogen-bond donors (Lipinski definition) is 1. The minimum Gasteiger partial charge on any atom is -0.497 e. The number of aromatic nitrogens is 2. The molecule has 6 nitrogen and oxygen atoms in total. The summed E-state index contributed by atoms with van der Waals surface area (Å²) in [6, 6.07) is 19.8. The third-order valence-corrected chi connectivity index (χ3v) is 4.92. The van der Waals surface area contributed by atoms with E-state index in [1.807, 2.05) is 71.5 Å². The predicted octanol–water partition coefficient (Wildman–Crippen LogP) is 3.79. The first-order valence-electron chi connectivity index (χ1n) is 9.84. The first-order chi connectivity index (χ1) is 14.7. The van der Waals surface area contributed by atoms with Crippen molar-refractivity contribution in [1.29, 1.82) is 5.26 Å². The molecule has 1 N–H and O–H groups in total. The van der Waals surface area contributed by atoms with E-state index in [0.29, 0.717) is 12.2 Å². The van der Waals surface area contributed by atoms with Crippen molar-refractivity contribution in [3.05, 3.63) is 77.5 Å². The maximum Gasteiger partial charge on any atom is 0.262 e. The van der Waals surface area contributed by atoms with Gasteiger partial charge in [-0.25, -0.2) is 0 Å². The van der Waals surface area contributed by atoms with E-state index in [-0.39, 0.29) is 17.5 Å². The number of nitrogens with one attached hydrogen (secondary N) is 1. The van der Waals surface area contributed by atoms with Gasteiger partial charge in [0, 0.05) is 23.4 Å². The van der Waals surface area contributed by atoms with Crippen molar-refractivity contribution in [1.82, 2.24) is 15.1 Å². The number of amides is 1. The van der Waals surface area contributed by atoms with Gasteiger partial charge in [-0.15, -0.1) is 0 Å². The molecule has 0 unspecified atom stereocenters. The average Bonchev–Trinajstić information content (AvgIpc) is 3.51. The van der Waals surface area contributed by atoms with Gasteiger partial charge in [0.2, 0.25) is 0 Å². The third-order valence-electron chi connectivity index (χ3n) is 4.92. The molecule has 1 aromatic heterocycles. The molecule has 1 saturated carbocycles. The third kappa shape index (κ3) is 4.58. The number of rotatable bonds is 7. The smallest absolute Gasteiger partial charge is 0.262 e. The molecule has 4 rings (SSSR count). The molecule has 1 heterocycles. The molecule has 150 valence electrons. The summed E-state index contributed by atoms with van der Waals surface area (Å²) in [5, 5.41) is 17.2. The molecule has 1 aliphatic carbocycles. The van der Waals surface area contributed by atoms with Crippen molar-refractivity contribution in [2.45, 2.75) is 25.4 Å². The van der Waals surface area contributed by atoms with Gasteiger partial charge in [0.15, 0.2) is 0 Å². The quantitative estimate of drug-likeness (QED) is 0.485. The summed E-state index contributed by atoms with van der Waals surface area (Å²) >= 11 is 0. The highest BCUT2D eigenvalue weighted by Crippen LogP contribution is 2.27. The Morgan fingerprint density at radius 1 is 1.23 bits per heavy atom. The number of nitrogens with zero attached hydrogens (tertiary/aromatic N) is 3. The Hall–Kier alpha value is -3.85. The lowest BCUT2D eigenvalue weighted by molar-refractivity contribution is -0.117. The van der Waals surface area contributed by atoms with Crippen molar-refractivity contribution < 1.29 is 9.53 Å². The Labute approximate surface area is 175 Å². The summed E-state index contributed by atoms with van der Waals surface area (Å²) in [6.45, 7) is 0.591. The van der Waals surface area contributed by atoms with E-state index in [0.717, 1.165) is 35.3 Å². The van der Waals surface area contributed by atoms with Crippen LogP contribution in [0.2, 0.25) is 0 Å². The van der Waals surface area contributed by atoms with E-state index in [2.05, 4.69) is 5.32 Å². The SMILES string of the molecule is COc1ccc(-c2nn(Cc3ccccc3)cc2/C=C(\C#N)C(=O)NC2CC2)cc1. The van der Waals surface area contributed by atoms with Gasteiger partial charge in [0.1, 0.15) is 17.4 Å². The van der Waals surface area contributed by atoms with Gasteiger partial charge in [-0.3, -0.25) is 9.48 Å². The molecular weight excluding hydrogens is 376 g/mol. The number of carbonyl (C=O) groups is 1. The zero-order chi connectivity index (χ0) is 20.9. The maximum atomic E-state index is 12.4. The summed E-state index contributed by atoms with van der Waals surface area (Å²) in [5.41, 5.74) is 3.51. The molecule has 0 radical (unpaired) electrons. The van der Waals surface area contributed by atoms with Crippen LogP contribution in [0.4, 0.5) is 0 Å². The number of nitriles is 1. The minimum atomic E-state index is -0.337. The van der Waals surface area contributed by atoms with E-state index >= 15 is 0 Å². The largest absolute Gasteiger partial charge is 0.497 e. The molecule has 30 heavy (non-hydrogen) atoms. The minimum absolute atomic E-state index is 0.0796. The number of ether oxygens (including phenoxy) is 1. The van der Waals surface area contributed by atoms with Gasteiger partial charge in [-0.1, -0.05) is 30.3 Å². The molecule has 0 aliphatic heterocycles. The summed E-state index contributed by atoms with van der Waals surface area (Å²) in [5.74, 6) is 0.414. The van der Waals surface area contributed by atoms with Crippen LogP contribution in [0.5, 0.6) is 5.75 Å². The second-order valence-electron chi connectivity index (χ2n) is 7.26. The lowest BCUT2D eigenvalue weighted by atomic mass is 10.1. The summed E-state index contributed by atoms with van der Waals surface area (Å²) < 4.78 is 7.07. The monoisotopic (exact) mass is 398 g/mol. The first kappa shape index (κ1) is 19.5. The molecule has 0 spiro atoms. The number of benzene rings is 2. The van der Waals surface area contributed by atoms with Crippen LogP contribution in [-0.4, -0.2) is 28.8 Å². The standard InChI is InChI=1S/C24H22N4O2/c1-30-22-11-7-18(8-12-22)23-20(13-19(14-25)24(29)26-21-9-10-21)16-28(27-23)15-17-5-3-2-4-6-17/h2-8,11-13,16,21H,9-10,15H2,1H3,(H,26,29)/b19-13+. The van der Waals surface area contributed by atoms with Crippen LogP contribution in [0.1, 0.15) is 24.0 Å². The van der Waals surface area contributed by atoms with Crippen molar-refractivity contribution in [2.24, 2.45) is 0 Å². The van der Waals surface area contributed by atoms with Crippen LogP contribution in [0.25, 0.3) is 17.3 Å². The zero-order valence-electron chi connectivity index (χ0n) is 16.7. The Kier molecular flexibility index (Phi) is 5.62. The summed E-state index contributed by atoms with van der Waals surface area (Å²) in [6.07, 6.45) is 5.42. The van der Waals surface area contributed by atoms with Crippen molar-refractivity contribution >= 4 is 12.0 Å². The number of carbonyl (C=O) groups excluding carboxylic acids is 1. The fourth-order valence-corrected chi connectivity index (χ4v) is 3.16. The topological polar surface area (TPSA) is 79.9 Å². The molecule has 1 fully saturated rings. The highest BCUT2D eigenvalue weighted by atomic mass is 16.5. The molecule has 0 saturated heterocycles. The van der Waals surface area contributed by atoms with Crippen LogP contribution in [0, 0.1) is 11.3 Å². The highest BCUT2D eigenvalue weighted by molar-refractivity contribution is 6.02. The Morgan fingerprint density at radius 3 is 2.60 bits per heavy atom. The van der Waals surface area contributed by atoms with Gasteiger partial charge in [-0.2, -0.15) is 10.4 Å². The lowest BCUT2D eigenvalue weighted by Crippen LogP contribution is -2.26. The molecule has 6 heteroatoms. The van der Waals surface area contributed by atoms with Gasteiger partial charge in [0.25, 0.3) is 5.91 Å². The van der Waals surface area contributed by atoms with Crippen LogP contribution in [-0.2, 0) is 11.3 Å². The van der Waals surface area contributed by atoms with Crippen molar-refractivity contribution in [3.8, 4) is 23.1 Å². The fraction of sp³-hybridized carbons (Fsp3) is 0.208. The Morgan fingerprint density at radius 2 is 1.97 bits per heavy atom. The number of hydrogen-bond acceptors (Lipinski definition) is 4. The van der Waals surface area contributed by atoms with E-state index in [1.165, 1.54) is 0 Å². The van der Waals surface area contributed by atoms with Crippen LogP contribution in [0.15, 0.2) is 66.4 Å². The summed E-state index contributed by atoms with van der Waals surface area (Å²) in [7, 11) is 1.62. The van der Waals surface area contributed by atoms with E-state index < -0.39 is 0 Å². The van der Waals surface area contributed by atoms with Gasteiger partial charge >= 0.3 is 0 Å². The Balaban J connectivity index is 1.71. The molecule has 0 bridgehead atoms. The first-order valence-corrected chi connectivity index (χ1v) is 9.84. The molecule has 2 aromatic carbocycles. The Bertz CT molecular complexity index is 1100. The maximum absolute atomic E-state index is 12.4. The predicted molar refractivity (Wildman–Crippen MR) is 115 cm³/mol. The normalized spacial score (nSPS) is 13.5. The second-order valence-corrected chi connectivity index (χ2v) is 7.26. The van der Waals surface area contributed by atoms with Crippen molar-refractivity contribution in [3.63, 3.8) is 0 Å². The van der Waals surface area contributed by atoms with Gasteiger partial charge in [0.05, 0.1) is 19.3 Å². The molecular formula is C24H22N4O2. The second kappa shape index (κ2) is 8.66. The fourth-order valence-electron chi connectivity index (χ4n) is 3.16. The molecule has 0 atom stereocenters. The highest BCUT2D eigenvalue weighted by Gasteiger charge is 2.25. The van der Waals surface area contributed by atoms with Gasteiger partial charge < -0.3 is 10.1 Å².